The number of amides is 1. The maximum Gasteiger partial charge on any atom is 0.272 e. The Morgan fingerprint density at radius 2 is 1.85 bits per heavy atom. The van der Waals surface area contributed by atoms with E-state index >= 15 is 0 Å². The van der Waals surface area contributed by atoms with Crippen LogP contribution in [0.1, 0.15) is 67.2 Å². The molecular formula is C24H30N2O. The average Bonchev–Trinajstić information content (AvgIpc) is 2.99. The van der Waals surface area contributed by atoms with E-state index in [2.05, 4.69) is 68.8 Å². The third kappa shape index (κ3) is 3.51. The lowest BCUT2D eigenvalue weighted by Crippen LogP contribution is -2.19. The van der Waals surface area contributed by atoms with Crippen LogP contribution in [0.4, 0.5) is 5.69 Å². The molecule has 27 heavy (non-hydrogen) atoms. The van der Waals surface area contributed by atoms with E-state index in [1.165, 1.54) is 16.5 Å². The van der Waals surface area contributed by atoms with Gasteiger partial charge < -0.3 is 9.88 Å². The highest BCUT2D eigenvalue weighted by Gasteiger charge is 2.21. The van der Waals surface area contributed by atoms with Crippen LogP contribution in [-0.2, 0) is 13.0 Å². The Morgan fingerprint density at radius 3 is 2.52 bits per heavy atom. The van der Waals surface area contributed by atoms with Crippen molar-refractivity contribution in [3.05, 3.63) is 64.8 Å². The zero-order valence-electron chi connectivity index (χ0n) is 17.1. The first kappa shape index (κ1) is 19.2. The van der Waals surface area contributed by atoms with E-state index in [1.807, 2.05) is 18.2 Å². The third-order valence-corrected chi connectivity index (χ3v) is 5.67. The van der Waals surface area contributed by atoms with Gasteiger partial charge in [0.1, 0.15) is 5.69 Å². The van der Waals surface area contributed by atoms with Gasteiger partial charge in [-0.25, -0.2) is 0 Å². The second-order valence-corrected chi connectivity index (χ2v) is 7.27. The van der Waals surface area contributed by atoms with Crippen LogP contribution in [0.25, 0.3) is 10.9 Å². The number of carbonyl (C=O) groups excluding carboxylic acids is 1. The molecule has 142 valence electrons. The lowest BCUT2D eigenvalue weighted by Gasteiger charge is -2.16. The highest BCUT2D eigenvalue weighted by molar-refractivity contribution is 6.08. The number of rotatable bonds is 6. The Morgan fingerprint density at radius 1 is 1.11 bits per heavy atom. The van der Waals surface area contributed by atoms with E-state index in [9.17, 15) is 4.79 Å². The zero-order chi connectivity index (χ0) is 19.6. The molecule has 3 rings (SSSR count). The molecule has 2 aromatic carbocycles. The molecule has 0 aliphatic carbocycles. The van der Waals surface area contributed by atoms with Crippen molar-refractivity contribution in [2.45, 2.75) is 59.9 Å². The third-order valence-electron chi connectivity index (χ3n) is 5.67. The molecule has 0 spiro atoms. The molecule has 0 saturated carbocycles. The highest BCUT2D eigenvalue weighted by Crippen LogP contribution is 2.30. The maximum absolute atomic E-state index is 13.3. The molecule has 3 nitrogen and oxygen atoms in total. The van der Waals surface area contributed by atoms with Crippen LogP contribution in [0.3, 0.4) is 0 Å². The molecule has 1 atom stereocenters. The highest BCUT2D eigenvalue weighted by atomic mass is 16.2. The van der Waals surface area contributed by atoms with Gasteiger partial charge in [0.25, 0.3) is 5.91 Å². The van der Waals surface area contributed by atoms with E-state index in [0.29, 0.717) is 5.92 Å². The van der Waals surface area contributed by atoms with Gasteiger partial charge in [-0.15, -0.1) is 0 Å². The average molecular weight is 363 g/mol. The Bertz CT molecular complexity index is 968. The molecule has 0 bridgehead atoms. The van der Waals surface area contributed by atoms with Crippen molar-refractivity contribution in [3.8, 4) is 0 Å². The largest absolute Gasteiger partial charge is 0.337 e. The van der Waals surface area contributed by atoms with Gasteiger partial charge in [-0.3, -0.25) is 4.79 Å². The summed E-state index contributed by atoms with van der Waals surface area (Å²) in [6.45, 7) is 11.5. The van der Waals surface area contributed by atoms with Gasteiger partial charge in [-0.1, -0.05) is 45.0 Å². The molecule has 1 aromatic heterocycles. The summed E-state index contributed by atoms with van der Waals surface area (Å²) >= 11 is 0. The van der Waals surface area contributed by atoms with Gasteiger partial charge in [0.05, 0.1) is 0 Å². The SMILES string of the molecule is CCc1ccc2c(c1)c(C)c(C(=O)Nc1ccccc1C(C)CC)n2CC. The van der Waals surface area contributed by atoms with E-state index < -0.39 is 0 Å². The van der Waals surface area contributed by atoms with Gasteiger partial charge in [0.2, 0.25) is 0 Å². The number of benzene rings is 2. The zero-order valence-corrected chi connectivity index (χ0v) is 17.1. The fourth-order valence-corrected chi connectivity index (χ4v) is 3.85. The Hall–Kier alpha value is -2.55. The number of nitrogens with zero attached hydrogens (tertiary/aromatic N) is 1. The lowest BCUT2D eigenvalue weighted by molar-refractivity contribution is 0.101. The second kappa shape index (κ2) is 7.99. The monoisotopic (exact) mass is 362 g/mol. The van der Waals surface area contributed by atoms with Crippen LogP contribution in [0.2, 0.25) is 0 Å². The molecule has 1 unspecified atom stereocenters. The van der Waals surface area contributed by atoms with E-state index in [-0.39, 0.29) is 5.91 Å². The fraction of sp³-hybridized carbons (Fsp3) is 0.375. The summed E-state index contributed by atoms with van der Waals surface area (Å²) in [5.41, 5.74) is 6.36. The van der Waals surface area contributed by atoms with E-state index in [4.69, 9.17) is 0 Å². The van der Waals surface area contributed by atoms with Gasteiger partial charge in [-0.05, 0) is 67.5 Å². The Labute approximate surface area is 162 Å². The summed E-state index contributed by atoms with van der Waals surface area (Å²) in [6.07, 6.45) is 2.04. The van der Waals surface area contributed by atoms with Crippen molar-refractivity contribution in [1.29, 1.82) is 0 Å². The predicted molar refractivity (Wildman–Crippen MR) is 115 cm³/mol. The molecule has 0 radical (unpaired) electrons. The number of hydrogen-bond donors (Lipinski definition) is 1. The van der Waals surface area contributed by atoms with Gasteiger partial charge in [0.15, 0.2) is 0 Å². The minimum atomic E-state index is -0.0284. The Balaban J connectivity index is 2.05. The lowest BCUT2D eigenvalue weighted by atomic mass is 9.97. The summed E-state index contributed by atoms with van der Waals surface area (Å²) in [7, 11) is 0. The van der Waals surface area contributed by atoms with Crippen molar-refractivity contribution in [3.63, 3.8) is 0 Å². The number of anilines is 1. The molecule has 1 N–H and O–H groups in total. The number of carbonyl (C=O) groups is 1. The van der Waals surface area contributed by atoms with Crippen molar-refractivity contribution in [1.82, 2.24) is 4.57 Å². The number of hydrogen-bond acceptors (Lipinski definition) is 1. The number of aromatic nitrogens is 1. The fourth-order valence-electron chi connectivity index (χ4n) is 3.85. The molecule has 0 fully saturated rings. The Kier molecular flexibility index (Phi) is 5.69. The number of aryl methyl sites for hydroxylation is 3. The van der Waals surface area contributed by atoms with E-state index in [0.717, 1.165) is 41.8 Å². The topological polar surface area (TPSA) is 34.0 Å². The first-order valence-electron chi connectivity index (χ1n) is 10.0. The summed E-state index contributed by atoms with van der Waals surface area (Å²) in [5, 5.41) is 4.36. The van der Waals surface area contributed by atoms with Gasteiger partial charge in [-0.2, -0.15) is 0 Å². The predicted octanol–water partition coefficient (Wildman–Crippen LogP) is 6.30. The molecule has 0 saturated heterocycles. The minimum absolute atomic E-state index is 0.0284. The molecule has 0 aliphatic heterocycles. The maximum atomic E-state index is 13.3. The molecule has 3 heteroatoms. The number of nitrogens with one attached hydrogen (secondary N) is 1. The van der Waals surface area contributed by atoms with Crippen LogP contribution in [0, 0.1) is 6.92 Å². The van der Waals surface area contributed by atoms with Crippen molar-refractivity contribution in [2.24, 2.45) is 0 Å². The molecule has 1 amide bonds. The summed E-state index contributed by atoms with van der Waals surface area (Å²) in [6, 6.07) is 14.7. The standard InChI is InChI=1S/C24H30N2O/c1-6-16(4)19-11-9-10-12-21(19)25-24(27)23-17(5)20-15-18(7-2)13-14-22(20)26(23)8-3/h9-16H,6-8H2,1-5H3,(H,25,27). The van der Waals surface area contributed by atoms with Crippen molar-refractivity contribution >= 4 is 22.5 Å². The van der Waals surface area contributed by atoms with Gasteiger partial charge >= 0.3 is 0 Å². The molecule has 0 aliphatic rings. The van der Waals surface area contributed by atoms with Crippen LogP contribution in [-0.4, -0.2) is 10.5 Å². The summed E-state index contributed by atoms with van der Waals surface area (Å²) < 4.78 is 2.13. The first-order valence-corrected chi connectivity index (χ1v) is 10.0. The minimum Gasteiger partial charge on any atom is -0.337 e. The quantitative estimate of drug-likeness (QED) is 0.549. The van der Waals surface area contributed by atoms with Crippen LogP contribution in [0.15, 0.2) is 42.5 Å². The first-order chi connectivity index (χ1) is 13.0. The normalized spacial score (nSPS) is 12.3. The van der Waals surface area contributed by atoms with Crippen LogP contribution < -0.4 is 5.32 Å². The second-order valence-electron chi connectivity index (χ2n) is 7.27. The van der Waals surface area contributed by atoms with Crippen LogP contribution >= 0.6 is 0 Å². The molecular weight excluding hydrogens is 332 g/mol. The number of para-hydroxylation sites is 1. The summed E-state index contributed by atoms with van der Waals surface area (Å²) in [5.74, 6) is 0.381. The van der Waals surface area contributed by atoms with Crippen molar-refractivity contribution in [2.75, 3.05) is 5.32 Å². The van der Waals surface area contributed by atoms with Crippen molar-refractivity contribution < 1.29 is 4.79 Å². The smallest absolute Gasteiger partial charge is 0.272 e. The van der Waals surface area contributed by atoms with Gasteiger partial charge in [0, 0.05) is 23.1 Å². The number of fused-ring (bicyclic) bond motifs is 1. The molecule has 3 aromatic rings. The van der Waals surface area contributed by atoms with E-state index in [1.54, 1.807) is 0 Å². The summed E-state index contributed by atoms with van der Waals surface area (Å²) in [4.78, 5) is 13.3. The van der Waals surface area contributed by atoms with Crippen LogP contribution in [0.5, 0.6) is 0 Å². The molecule has 1 heterocycles.